The number of halogens is 1. The molecule has 0 aliphatic rings. The third-order valence-electron chi connectivity index (χ3n) is 4.32. The Morgan fingerprint density at radius 1 is 0.857 bits per heavy atom. The maximum absolute atomic E-state index is 9.63. The lowest BCUT2D eigenvalue weighted by molar-refractivity contribution is 1.37. The number of benzene rings is 3. The Balaban J connectivity index is 1.60. The van der Waals surface area contributed by atoms with Gasteiger partial charge in [0.1, 0.15) is 11.1 Å². The lowest BCUT2D eigenvalue weighted by atomic mass is 10.0. The lowest BCUT2D eigenvalue weighted by Crippen LogP contribution is -1.83. The molecule has 1 aromatic heterocycles. The standard InChI is InChI=1S/C24H15BrN2S/c25-22-12-10-20(11-13-22)23-16-28-24(27-23)21(15-26)14-17-6-8-19(9-7-17)18-4-2-1-3-5-18/h1-14,16H/b21-14-. The van der Waals surface area contributed by atoms with Gasteiger partial charge in [0.05, 0.1) is 11.3 Å². The van der Waals surface area contributed by atoms with Crippen molar-refractivity contribution in [3.63, 3.8) is 0 Å². The molecule has 4 rings (SSSR count). The molecule has 0 spiro atoms. The van der Waals surface area contributed by atoms with Gasteiger partial charge in [-0.25, -0.2) is 4.98 Å². The van der Waals surface area contributed by atoms with Crippen LogP contribution in [0.2, 0.25) is 0 Å². The van der Waals surface area contributed by atoms with Crippen molar-refractivity contribution in [2.24, 2.45) is 0 Å². The lowest BCUT2D eigenvalue weighted by Gasteiger charge is -2.02. The highest BCUT2D eigenvalue weighted by Crippen LogP contribution is 2.28. The molecule has 0 saturated heterocycles. The molecular weight excluding hydrogens is 428 g/mol. The minimum Gasteiger partial charge on any atom is -0.235 e. The van der Waals surface area contributed by atoms with E-state index in [0.717, 1.165) is 31.9 Å². The van der Waals surface area contributed by atoms with Crippen molar-refractivity contribution in [3.05, 3.63) is 99.3 Å². The van der Waals surface area contributed by atoms with Gasteiger partial charge in [-0.15, -0.1) is 11.3 Å². The molecule has 3 aromatic carbocycles. The second-order valence-electron chi connectivity index (χ2n) is 6.20. The van der Waals surface area contributed by atoms with Gasteiger partial charge in [0.2, 0.25) is 0 Å². The summed E-state index contributed by atoms with van der Waals surface area (Å²) in [5.74, 6) is 0. The number of rotatable bonds is 4. The number of thiazole rings is 1. The normalized spacial score (nSPS) is 11.2. The summed E-state index contributed by atoms with van der Waals surface area (Å²) in [5.41, 5.74) is 5.81. The van der Waals surface area contributed by atoms with Gasteiger partial charge in [0.15, 0.2) is 0 Å². The molecule has 0 N–H and O–H groups in total. The molecule has 0 amide bonds. The molecule has 0 bridgehead atoms. The Morgan fingerprint density at radius 3 is 2.18 bits per heavy atom. The zero-order valence-corrected chi connectivity index (χ0v) is 17.2. The van der Waals surface area contributed by atoms with Crippen LogP contribution >= 0.6 is 27.3 Å². The molecule has 0 aliphatic heterocycles. The zero-order chi connectivity index (χ0) is 19.3. The first-order chi connectivity index (χ1) is 13.7. The summed E-state index contributed by atoms with van der Waals surface area (Å²) in [6, 6.07) is 28.8. The van der Waals surface area contributed by atoms with Crippen LogP contribution in [0.4, 0.5) is 0 Å². The summed E-state index contributed by atoms with van der Waals surface area (Å²) in [5, 5.41) is 12.3. The van der Waals surface area contributed by atoms with Crippen LogP contribution in [0.25, 0.3) is 34.0 Å². The van der Waals surface area contributed by atoms with E-state index < -0.39 is 0 Å². The van der Waals surface area contributed by atoms with Crippen molar-refractivity contribution >= 4 is 38.9 Å². The van der Waals surface area contributed by atoms with E-state index in [-0.39, 0.29) is 0 Å². The van der Waals surface area contributed by atoms with E-state index in [4.69, 9.17) is 0 Å². The highest BCUT2D eigenvalue weighted by Gasteiger charge is 2.09. The SMILES string of the molecule is N#C/C(=C/c1ccc(-c2ccccc2)cc1)c1nc(-c2ccc(Br)cc2)cs1. The molecule has 0 radical (unpaired) electrons. The van der Waals surface area contributed by atoms with Crippen molar-refractivity contribution in [3.8, 4) is 28.5 Å². The Bertz CT molecular complexity index is 1150. The molecule has 28 heavy (non-hydrogen) atoms. The van der Waals surface area contributed by atoms with Crippen molar-refractivity contribution < 1.29 is 0 Å². The largest absolute Gasteiger partial charge is 0.235 e. The Kier molecular flexibility index (Phi) is 5.48. The Labute approximate surface area is 176 Å². The van der Waals surface area contributed by atoms with Crippen molar-refractivity contribution in [2.45, 2.75) is 0 Å². The summed E-state index contributed by atoms with van der Waals surface area (Å²) < 4.78 is 1.03. The average Bonchev–Trinajstić information content (AvgIpc) is 3.23. The van der Waals surface area contributed by atoms with Gasteiger partial charge in [-0.2, -0.15) is 5.26 Å². The molecule has 4 heteroatoms. The molecule has 134 valence electrons. The Morgan fingerprint density at radius 2 is 1.50 bits per heavy atom. The highest BCUT2D eigenvalue weighted by molar-refractivity contribution is 9.10. The number of hydrogen-bond donors (Lipinski definition) is 0. The van der Waals surface area contributed by atoms with Gasteiger partial charge < -0.3 is 0 Å². The molecule has 2 nitrogen and oxygen atoms in total. The topological polar surface area (TPSA) is 36.7 Å². The van der Waals surface area contributed by atoms with E-state index in [9.17, 15) is 5.26 Å². The molecular formula is C24H15BrN2S. The van der Waals surface area contributed by atoms with E-state index in [0.29, 0.717) is 5.57 Å². The number of hydrogen-bond acceptors (Lipinski definition) is 3. The van der Waals surface area contributed by atoms with Gasteiger partial charge in [-0.3, -0.25) is 0 Å². The fourth-order valence-corrected chi connectivity index (χ4v) is 3.92. The van der Waals surface area contributed by atoms with Gasteiger partial charge in [-0.05, 0) is 34.9 Å². The summed E-state index contributed by atoms with van der Waals surface area (Å²) in [6.45, 7) is 0. The predicted molar refractivity (Wildman–Crippen MR) is 121 cm³/mol. The van der Waals surface area contributed by atoms with E-state index in [1.165, 1.54) is 16.9 Å². The first-order valence-electron chi connectivity index (χ1n) is 8.72. The van der Waals surface area contributed by atoms with Crippen molar-refractivity contribution in [1.82, 2.24) is 4.98 Å². The third-order valence-corrected chi connectivity index (χ3v) is 5.73. The van der Waals surface area contributed by atoms with E-state index in [2.05, 4.69) is 51.2 Å². The number of nitriles is 1. The molecule has 0 unspecified atom stereocenters. The van der Waals surface area contributed by atoms with Crippen LogP contribution < -0.4 is 0 Å². The summed E-state index contributed by atoms with van der Waals surface area (Å²) in [6.07, 6.45) is 1.89. The first kappa shape index (κ1) is 18.4. The minimum absolute atomic E-state index is 0.570. The van der Waals surface area contributed by atoms with E-state index in [1.54, 1.807) is 0 Å². The average molecular weight is 443 g/mol. The second kappa shape index (κ2) is 8.35. The van der Waals surface area contributed by atoms with Gasteiger partial charge in [0.25, 0.3) is 0 Å². The summed E-state index contributed by atoms with van der Waals surface area (Å²) in [7, 11) is 0. The predicted octanol–water partition coefficient (Wildman–Crippen LogP) is 7.30. The molecule has 4 aromatic rings. The highest BCUT2D eigenvalue weighted by atomic mass is 79.9. The first-order valence-corrected chi connectivity index (χ1v) is 10.4. The molecule has 0 aliphatic carbocycles. The molecule has 1 heterocycles. The number of allylic oxidation sites excluding steroid dienone is 1. The molecule has 0 fully saturated rings. The third kappa shape index (κ3) is 4.12. The van der Waals surface area contributed by atoms with Gasteiger partial charge in [0, 0.05) is 15.4 Å². The van der Waals surface area contributed by atoms with E-state index >= 15 is 0 Å². The zero-order valence-electron chi connectivity index (χ0n) is 14.8. The van der Waals surface area contributed by atoms with Gasteiger partial charge >= 0.3 is 0 Å². The van der Waals surface area contributed by atoms with Gasteiger partial charge in [-0.1, -0.05) is 82.7 Å². The van der Waals surface area contributed by atoms with Crippen LogP contribution in [0.3, 0.4) is 0 Å². The molecule has 0 saturated carbocycles. The maximum Gasteiger partial charge on any atom is 0.134 e. The second-order valence-corrected chi connectivity index (χ2v) is 7.98. The fourth-order valence-electron chi connectivity index (χ4n) is 2.86. The van der Waals surface area contributed by atoms with Crippen LogP contribution in [0.1, 0.15) is 10.6 Å². The van der Waals surface area contributed by atoms with Crippen LogP contribution in [0.5, 0.6) is 0 Å². The number of aromatic nitrogens is 1. The maximum atomic E-state index is 9.63. The Hall–Kier alpha value is -3.00. The summed E-state index contributed by atoms with van der Waals surface area (Å²) >= 11 is 4.93. The van der Waals surface area contributed by atoms with Crippen LogP contribution in [-0.4, -0.2) is 4.98 Å². The van der Waals surface area contributed by atoms with Crippen LogP contribution in [-0.2, 0) is 0 Å². The monoisotopic (exact) mass is 442 g/mol. The van der Waals surface area contributed by atoms with E-state index in [1.807, 2.05) is 66.1 Å². The smallest absolute Gasteiger partial charge is 0.134 e. The van der Waals surface area contributed by atoms with Crippen LogP contribution in [0.15, 0.2) is 88.7 Å². The fraction of sp³-hybridized carbons (Fsp3) is 0. The van der Waals surface area contributed by atoms with Crippen molar-refractivity contribution in [1.29, 1.82) is 5.26 Å². The number of nitrogens with zero attached hydrogens (tertiary/aromatic N) is 2. The molecule has 0 atom stereocenters. The summed E-state index contributed by atoms with van der Waals surface area (Å²) in [4.78, 5) is 4.66. The minimum atomic E-state index is 0.570. The quantitative estimate of drug-likeness (QED) is 0.310. The van der Waals surface area contributed by atoms with Crippen molar-refractivity contribution in [2.75, 3.05) is 0 Å². The van der Waals surface area contributed by atoms with Crippen LogP contribution in [0, 0.1) is 11.3 Å².